The average Bonchev–Trinajstić information content (AvgIpc) is 3.53. The van der Waals surface area contributed by atoms with Crippen LogP contribution in [-0.2, 0) is 10.0 Å². The van der Waals surface area contributed by atoms with Crippen molar-refractivity contribution >= 4 is 33.6 Å². The van der Waals surface area contributed by atoms with E-state index in [1.165, 1.54) is 52.2 Å². The summed E-state index contributed by atoms with van der Waals surface area (Å²) in [7, 11) is -4.43. The van der Waals surface area contributed by atoms with Crippen LogP contribution < -0.4 is 14.2 Å². The Bertz CT molecular complexity index is 1770. The largest absolute Gasteiger partial charge is 0.478 e. The van der Waals surface area contributed by atoms with Crippen molar-refractivity contribution in [1.82, 2.24) is 29.4 Å². The number of halogens is 4. The van der Waals surface area contributed by atoms with Crippen LogP contribution in [-0.4, -0.2) is 81.6 Å². The van der Waals surface area contributed by atoms with Crippen molar-refractivity contribution in [2.45, 2.75) is 62.7 Å². The number of hydrogen-bond acceptors (Lipinski definition) is 9. The van der Waals surface area contributed by atoms with Crippen molar-refractivity contribution in [3.63, 3.8) is 0 Å². The number of alkyl halides is 3. The van der Waals surface area contributed by atoms with Crippen molar-refractivity contribution in [2.75, 3.05) is 19.8 Å². The zero-order chi connectivity index (χ0) is 34.9. The van der Waals surface area contributed by atoms with E-state index in [1.54, 1.807) is 0 Å². The van der Waals surface area contributed by atoms with Gasteiger partial charge < -0.3 is 19.5 Å². The smallest absolute Gasteiger partial charge is 0.407 e. The van der Waals surface area contributed by atoms with E-state index >= 15 is 0 Å². The molecule has 3 unspecified atom stereocenters. The molecule has 1 aliphatic heterocycles. The molecule has 13 nitrogen and oxygen atoms in total. The minimum Gasteiger partial charge on any atom is -0.478 e. The van der Waals surface area contributed by atoms with E-state index in [2.05, 4.69) is 15.1 Å². The highest BCUT2D eigenvalue weighted by Crippen LogP contribution is 2.51. The second-order valence-corrected chi connectivity index (χ2v) is 14.4. The molecule has 260 valence electrons. The van der Waals surface area contributed by atoms with E-state index in [0.29, 0.717) is 13.0 Å². The van der Waals surface area contributed by atoms with E-state index in [9.17, 15) is 36.3 Å². The average molecular weight is 715 g/mol. The summed E-state index contributed by atoms with van der Waals surface area (Å²) in [6.07, 6.45) is -1.26. The number of nitrogens with one attached hydrogen (secondary N) is 1. The molecule has 2 fully saturated rings. The van der Waals surface area contributed by atoms with Gasteiger partial charge in [-0.1, -0.05) is 17.7 Å². The predicted octanol–water partition coefficient (Wildman–Crippen LogP) is 5.34. The first-order valence-electron chi connectivity index (χ1n) is 15.1. The van der Waals surface area contributed by atoms with Crippen LogP contribution in [0.1, 0.15) is 56.3 Å². The Morgan fingerprint density at radius 3 is 2.50 bits per heavy atom. The third-order valence-electron chi connectivity index (χ3n) is 8.36. The van der Waals surface area contributed by atoms with Gasteiger partial charge in [-0.05, 0) is 76.0 Å². The summed E-state index contributed by atoms with van der Waals surface area (Å²) in [5.74, 6) is -2.23. The molecule has 5 rings (SSSR count). The molecule has 3 atom stereocenters. The first-order valence-corrected chi connectivity index (χ1v) is 17.0. The fourth-order valence-electron chi connectivity index (χ4n) is 5.84. The van der Waals surface area contributed by atoms with Gasteiger partial charge in [0.15, 0.2) is 10.8 Å². The number of carbonyl (C=O) groups excluding carboxylic acids is 1. The molecule has 1 saturated heterocycles. The number of likely N-dealkylation sites (tertiary alicyclic amines) is 1. The van der Waals surface area contributed by atoms with E-state index < -0.39 is 50.6 Å². The number of nitrogens with zero attached hydrogens (tertiary/aromatic N) is 5. The molecule has 1 aliphatic carbocycles. The van der Waals surface area contributed by atoms with Gasteiger partial charge in [-0.2, -0.15) is 26.6 Å². The number of aromatic nitrogens is 4. The van der Waals surface area contributed by atoms with Crippen LogP contribution in [0.25, 0.3) is 5.82 Å². The lowest BCUT2D eigenvalue weighted by Gasteiger charge is -2.28. The van der Waals surface area contributed by atoms with Crippen LogP contribution in [0.5, 0.6) is 11.8 Å². The van der Waals surface area contributed by atoms with Crippen LogP contribution in [0.15, 0.2) is 47.6 Å². The van der Waals surface area contributed by atoms with Gasteiger partial charge in [0.25, 0.3) is 15.9 Å². The van der Waals surface area contributed by atoms with Crippen molar-refractivity contribution in [3.8, 4) is 17.6 Å². The molecule has 3 aromatic rings. The Hall–Kier alpha value is -4.12. The van der Waals surface area contributed by atoms with E-state index in [0.717, 1.165) is 12.8 Å². The first-order chi connectivity index (χ1) is 22.5. The Balaban J connectivity index is 1.11. The number of ether oxygens (including phenoxy) is 2. The van der Waals surface area contributed by atoms with Gasteiger partial charge in [0.1, 0.15) is 5.15 Å². The fourth-order valence-corrected chi connectivity index (χ4v) is 7.00. The normalized spacial score (nSPS) is 20.4. The van der Waals surface area contributed by atoms with Crippen molar-refractivity contribution < 1.29 is 45.8 Å². The van der Waals surface area contributed by atoms with Gasteiger partial charge in [0, 0.05) is 30.4 Å². The highest BCUT2D eigenvalue weighted by atomic mass is 35.5. The highest BCUT2D eigenvalue weighted by Gasteiger charge is 2.55. The molecule has 1 saturated carbocycles. The molecule has 2 N–H and O–H groups in total. The number of pyridine rings is 2. The van der Waals surface area contributed by atoms with Crippen molar-refractivity contribution in [3.05, 3.63) is 53.3 Å². The molecule has 0 spiro atoms. The summed E-state index contributed by atoms with van der Waals surface area (Å²) in [6.45, 7) is 4.51. The van der Waals surface area contributed by atoms with Crippen LogP contribution >= 0.6 is 11.6 Å². The first kappa shape index (κ1) is 35.2. The molecular formula is C30H34ClF3N6O7S. The van der Waals surface area contributed by atoms with Gasteiger partial charge >= 0.3 is 12.3 Å². The Labute approximate surface area is 279 Å². The van der Waals surface area contributed by atoms with Gasteiger partial charge in [0.05, 0.1) is 24.7 Å². The molecule has 0 aromatic carbocycles. The van der Waals surface area contributed by atoms with Crippen molar-refractivity contribution in [1.29, 1.82) is 0 Å². The minimum atomic E-state index is -4.43. The standard InChI is InChI=1S/C30H34ClF3N6O7S/c1-29(2)16-18(17-39(29)28(42)43)5-4-13-46-23-6-3-7-25(36-23)48(44,45)38-27(41)20-8-9-22(35-26(20)31)40-12-10-24(37-40)47-14-11-19-15-21(19)30(32,33)34/h3,6-10,12,18-19,21H,4-5,11,13-17H2,1-2H3,(H,38,41)(H,42,43). The lowest BCUT2D eigenvalue weighted by Crippen LogP contribution is -2.41. The summed E-state index contributed by atoms with van der Waals surface area (Å²) in [5, 5.41) is 12.8. The number of carboxylic acid groups (broad SMARTS) is 1. The van der Waals surface area contributed by atoms with Crippen LogP contribution in [0.3, 0.4) is 0 Å². The van der Waals surface area contributed by atoms with E-state index in [-0.39, 0.29) is 60.3 Å². The highest BCUT2D eigenvalue weighted by molar-refractivity contribution is 7.90. The molecule has 18 heteroatoms. The van der Waals surface area contributed by atoms with Crippen LogP contribution in [0.2, 0.25) is 5.15 Å². The maximum Gasteiger partial charge on any atom is 0.407 e. The number of carbonyl (C=O) groups is 2. The maximum atomic E-state index is 13.0. The van der Waals surface area contributed by atoms with Gasteiger partial charge in [-0.3, -0.25) is 4.79 Å². The SMILES string of the molecule is CC1(C)CC(CCCOc2cccc(S(=O)(=O)NC(=O)c3ccc(-n4ccc(OCCC5CC5C(F)(F)F)n4)nc3Cl)n2)CN1C(=O)O. The molecule has 0 bridgehead atoms. The molecule has 2 amide bonds. The third kappa shape index (κ3) is 8.47. The van der Waals surface area contributed by atoms with E-state index in [1.807, 2.05) is 18.6 Å². The topological polar surface area (TPSA) is 166 Å². The molecule has 2 aliphatic rings. The zero-order valence-electron chi connectivity index (χ0n) is 26.0. The third-order valence-corrected chi connectivity index (χ3v) is 9.88. The Morgan fingerprint density at radius 1 is 1.08 bits per heavy atom. The summed E-state index contributed by atoms with van der Waals surface area (Å²) < 4.78 is 78.3. The molecule has 0 radical (unpaired) electrons. The second-order valence-electron chi connectivity index (χ2n) is 12.4. The molecule has 3 aromatic heterocycles. The number of amides is 2. The number of hydrogen-bond donors (Lipinski definition) is 2. The van der Waals surface area contributed by atoms with Gasteiger partial charge in [0.2, 0.25) is 11.8 Å². The minimum absolute atomic E-state index is 0.0360. The summed E-state index contributed by atoms with van der Waals surface area (Å²) >= 11 is 6.22. The molecular weight excluding hydrogens is 681 g/mol. The lowest BCUT2D eigenvalue weighted by molar-refractivity contribution is -0.151. The predicted molar refractivity (Wildman–Crippen MR) is 165 cm³/mol. The number of rotatable bonds is 13. The summed E-state index contributed by atoms with van der Waals surface area (Å²) in [6, 6.07) is 8.22. The summed E-state index contributed by atoms with van der Waals surface area (Å²) in [4.78, 5) is 33.9. The van der Waals surface area contributed by atoms with Crippen molar-refractivity contribution in [2.24, 2.45) is 17.8 Å². The fraction of sp³-hybridized carbons (Fsp3) is 0.500. The van der Waals surface area contributed by atoms with Crippen LogP contribution in [0.4, 0.5) is 18.0 Å². The van der Waals surface area contributed by atoms with Gasteiger partial charge in [-0.25, -0.2) is 19.2 Å². The summed E-state index contributed by atoms with van der Waals surface area (Å²) in [5.41, 5.74) is -0.678. The van der Waals surface area contributed by atoms with Gasteiger partial charge in [-0.15, -0.1) is 5.10 Å². The van der Waals surface area contributed by atoms with Crippen LogP contribution in [0, 0.1) is 17.8 Å². The lowest BCUT2D eigenvalue weighted by atomic mass is 9.93. The monoisotopic (exact) mass is 714 g/mol. The Morgan fingerprint density at radius 2 is 1.83 bits per heavy atom. The second kappa shape index (κ2) is 13.8. The van der Waals surface area contributed by atoms with E-state index in [4.69, 9.17) is 21.1 Å². The zero-order valence-corrected chi connectivity index (χ0v) is 27.6. The quantitative estimate of drug-likeness (QED) is 0.174. The number of sulfonamides is 1. The molecule has 48 heavy (non-hydrogen) atoms. The molecule has 4 heterocycles. The maximum absolute atomic E-state index is 13.0. The Kier molecular flexibility index (Phi) is 10.1.